The zero-order valence-corrected chi connectivity index (χ0v) is 6.13. The van der Waals surface area contributed by atoms with E-state index in [0.717, 1.165) is 0 Å². The third-order valence-corrected chi connectivity index (χ3v) is 1.23. The lowest BCUT2D eigenvalue weighted by Gasteiger charge is -1.98. The summed E-state index contributed by atoms with van der Waals surface area (Å²) in [6.07, 6.45) is -0.395. The highest BCUT2D eigenvalue weighted by molar-refractivity contribution is 5.50. The van der Waals surface area contributed by atoms with Crippen LogP contribution in [0.25, 0.3) is 0 Å². The van der Waals surface area contributed by atoms with Crippen molar-refractivity contribution in [2.45, 2.75) is 25.4 Å². The molecular formula is C5H7N2O5. The third kappa shape index (κ3) is 3.59. The summed E-state index contributed by atoms with van der Waals surface area (Å²) >= 11 is 0. The Labute approximate surface area is 67.7 Å². The molecule has 0 rings (SSSR count). The Hall–Kier alpha value is -1.53. The highest BCUT2D eigenvalue weighted by Gasteiger charge is 2.30. The van der Waals surface area contributed by atoms with Crippen molar-refractivity contribution in [2.24, 2.45) is 0 Å². The first-order chi connectivity index (χ1) is 5.59. The van der Waals surface area contributed by atoms with Crippen molar-refractivity contribution in [1.82, 2.24) is 0 Å². The van der Waals surface area contributed by atoms with Gasteiger partial charge in [-0.2, -0.15) is 0 Å². The van der Waals surface area contributed by atoms with Crippen LogP contribution in [-0.2, 0) is 4.79 Å². The zero-order chi connectivity index (χ0) is 9.56. The fourth-order valence-electron chi connectivity index (χ4n) is 0.645. The molecule has 0 aromatic carbocycles. The lowest BCUT2D eigenvalue weighted by Crippen LogP contribution is -2.28. The second kappa shape index (κ2) is 5.16. The third-order valence-electron chi connectivity index (χ3n) is 1.23. The molecule has 0 fully saturated rings. The first-order valence-corrected chi connectivity index (χ1v) is 3.21. The van der Waals surface area contributed by atoms with E-state index < -0.39 is 16.0 Å². The molecule has 0 aromatic rings. The molecule has 0 amide bonds. The molecule has 7 heteroatoms. The van der Waals surface area contributed by atoms with Gasteiger partial charge in [0, 0.05) is 6.42 Å². The Kier molecular flexibility index (Phi) is 4.51. The molecule has 0 saturated carbocycles. The summed E-state index contributed by atoms with van der Waals surface area (Å²) in [6, 6.07) is 0. The fraction of sp³-hybridized carbons (Fsp3) is 0.800. The van der Waals surface area contributed by atoms with Crippen LogP contribution in [0.2, 0.25) is 0 Å². The van der Waals surface area contributed by atoms with Gasteiger partial charge in [0.15, 0.2) is 6.29 Å². The summed E-state index contributed by atoms with van der Waals surface area (Å²) in [6.45, 7) is 0. The maximum absolute atomic E-state index is 10.0. The van der Waals surface area contributed by atoms with Gasteiger partial charge >= 0.3 is 6.17 Å². The first-order valence-electron chi connectivity index (χ1n) is 3.21. The quantitative estimate of drug-likeness (QED) is 0.247. The van der Waals surface area contributed by atoms with Gasteiger partial charge in [-0.25, -0.2) is 0 Å². The minimum absolute atomic E-state index is 0.00181. The molecule has 67 valence electrons. The number of rotatable bonds is 6. The summed E-state index contributed by atoms with van der Waals surface area (Å²) < 4.78 is 0. The predicted octanol–water partition coefficient (Wildman–Crippen LogP) is 0.146. The molecule has 1 radical (unpaired) electrons. The molecule has 0 atom stereocenters. The number of carbonyl (C=O) groups excluding carboxylic acids is 1. The largest absolute Gasteiger partial charge is 0.450 e. The molecule has 0 N–H and O–H groups in total. The SMILES string of the molecule is O=[C]CCCC([N+](=O)[O-])[N+](=O)[O-]. The van der Waals surface area contributed by atoms with Gasteiger partial charge in [-0.05, 0) is 6.42 Å². The number of hydrogen-bond donors (Lipinski definition) is 0. The molecule has 0 heterocycles. The smallest absolute Gasteiger partial charge is 0.291 e. The Balaban J connectivity index is 3.88. The molecule has 0 aromatic heterocycles. The minimum atomic E-state index is -1.79. The van der Waals surface area contributed by atoms with Crippen LogP contribution in [0, 0.1) is 20.2 Å². The van der Waals surface area contributed by atoms with Crippen LogP contribution in [0.5, 0.6) is 0 Å². The maximum Gasteiger partial charge on any atom is 0.450 e. The molecule has 0 aliphatic rings. The van der Waals surface area contributed by atoms with Crippen LogP contribution < -0.4 is 0 Å². The predicted molar refractivity (Wildman–Crippen MR) is 37.3 cm³/mol. The second-order valence-corrected chi connectivity index (χ2v) is 2.09. The van der Waals surface area contributed by atoms with E-state index in [1.165, 1.54) is 6.29 Å². The van der Waals surface area contributed by atoms with Crippen molar-refractivity contribution in [3.8, 4) is 0 Å². The van der Waals surface area contributed by atoms with Crippen molar-refractivity contribution in [3.63, 3.8) is 0 Å². The molecule has 0 aliphatic heterocycles. The van der Waals surface area contributed by atoms with Gasteiger partial charge in [0.25, 0.3) is 0 Å². The Morgan fingerprint density at radius 3 is 2.08 bits per heavy atom. The van der Waals surface area contributed by atoms with Gasteiger partial charge in [-0.3, -0.25) is 25.0 Å². The van der Waals surface area contributed by atoms with Gasteiger partial charge in [-0.15, -0.1) is 0 Å². The summed E-state index contributed by atoms with van der Waals surface area (Å²) in [7, 11) is 0. The lowest BCUT2D eigenvalue weighted by molar-refractivity contribution is -0.743. The van der Waals surface area contributed by atoms with E-state index in [0.29, 0.717) is 0 Å². The summed E-state index contributed by atoms with van der Waals surface area (Å²) in [5.74, 6) is 0. The van der Waals surface area contributed by atoms with E-state index in [1.54, 1.807) is 0 Å². The van der Waals surface area contributed by atoms with Gasteiger partial charge in [0.2, 0.25) is 0 Å². The van der Waals surface area contributed by atoms with Crippen LogP contribution in [0.3, 0.4) is 0 Å². The van der Waals surface area contributed by atoms with Crippen molar-refractivity contribution < 1.29 is 14.6 Å². The van der Waals surface area contributed by atoms with Gasteiger partial charge in [-0.1, -0.05) is 0 Å². The highest BCUT2D eigenvalue weighted by Crippen LogP contribution is 2.03. The summed E-state index contributed by atoms with van der Waals surface area (Å²) in [4.78, 5) is 27.7. The number of nitro groups is 2. The second-order valence-electron chi connectivity index (χ2n) is 2.09. The molecular weight excluding hydrogens is 168 g/mol. The number of nitrogens with zero attached hydrogens (tertiary/aromatic N) is 2. The van der Waals surface area contributed by atoms with E-state index in [2.05, 4.69) is 0 Å². The topological polar surface area (TPSA) is 103 Å². The van der Waals surface area contributed by atoms with Gasteiger partial charge in [0.1, 0.15) is 0 Å². The molecule has 7 nitrogen and oxygen atoms in total. The number of unbranched alkanes of at least 4 members (excludes halogenated alkanes) is 1. The first kappa shape index (κ1) is 10.5. The molecule has 12 heavy (non-hydrogen) atoms. The van der Waals surface area contributed by atoms with Crippen LogP contribution in [0.1, 0.15) is 19.3 Å². The standard InChI is InChI=1S/C5H7N2O5/c8-4-2-1-3-5(6(9)10)7(11)12/h5H,1-3H2. The average molecular weight is 175 g/mol. The molecule has 0 spiro atoms. The van der Waals surface area contributed by atoms with Crippen molar-refractivity contribution in [3.05, 3.63) is 20.2 Å². The lowest BCUT2D eigenvalue weighted by atomic mass is 10.2. The van der Waals surface area contributed by atoms with Crippen molar-refractivity contribution in [2.75, 3.05) is 0 Å². The molecule has 0 aliphatic carbocycles. The van der Waals surface area contributed by atoms with Crippen molar-refractivity contribution >= 4 is 6.29 Å². The summed E-state index contributed by atoms with van der Waals surface area (Å²) in [5.41, 5.74) is 0. The van der Waals surface area contributed by atoms with E-state index in [9.17, 15) is 25.0 Å². The van der Waals surface area contributed by atoms with E-state index in [1.807, 2.05) is 0 Å². The zero-order valence-electron chi connectivity index (χ0n) is 6.13. The fourth-order valence-corrected chi connectivity index (χ4v) is 0.645. The van der Waals surface area contributed by atoms with Crippen LogP contribution in [0.4, 0.5) is 0 Å². The van der Waals surface area contributed by atoms with Crippen LogP contribution in [0.15, 0.2) is 0 Å². The normalized spacial score (nSPS) is 9.75. The Bertz CT molecular complexity index is 178. The Morgan fingerprint density at radius 2 is 1.75 bits per heavy atom. The molecule has 0 unspecified atom stereocenters. The van der Waals surface area contributed by atoms with Gasteiger partial charge in [0.05, 0.1) is 16.3 Å². The minimum Gasteiger partial charge on any atom is -0.291 e. The van der Waals surface area contributed by atoms with E-state index in [-0.39, 0.29) is 19.3 Å². The highest BCUT2D eigenvalue weighted by atomic mass is 16.7. The molecule has 0 bridgehead atoms. The van der Waals surface area contributed by atoms with Crippen molar-refractivity contribution in [1.29, 1.82) is 0 Å². The monoisotopic (exact) mass is 175 g/mol. The van der Waals surface area contributed by atoms with Crippen LogP contribution >= 0.6 is 0 Å². The van der Waals surface area contributed by atoms with E-state index >= 15 is 0 Å². The maximum atomic E-state index is 10.0. The van der Waals surface area contributed by atoms with Gasteiger partial charge < -0.3 is 0 Å². The Morgan fingerprint density at radius 1 is 1.25 bits per heavy atom. The average Bonchev–Trinajstić information content (AvgIpc) is 1.96. The number of hydrogen-bond acceptors (Lipinski definition) is 5. The summed E-state index contributed by atoms with van der Waals surface area (Å²) in [5, 5.41) is 20.0. The van der Waals surface area contributed by atoms with E-state index in [4.69, 9.17) is 0 Å². The molecule has 0 saturated heterocycles. The van der Waals surface area contributed by atoms with Crippen LogP contribution in [-0.4, -0.2) is 22.3 Å².